The first-order valence-electron chi connectivity index (χ1n) is 3.43. The van der Waals surface area contributed by atoms with E-state index in [1.165, 1.54) is 6.33 Å². The fraction of sp³-hybridized carbons (Fsp3) is 0.500. The van der Waals surface area contributed by atoms with Crippen LogP contribution in [0, 0.1) is 5.92 Å². The fourth-order valence-electron chi connectivity index (χ4n) is 0.253. The fourth-order valence-corrected chi connectivity index (χ4v) is 0.253. The minimum Gasteiger partial charge on any atom is -0.245 e. The SMILES string of the molecule is CC(C)C.c1cncnc1. The van der Waals surface area contributed by atoms with E-state index in [4.69, 9.17) is 0 Å². The van der Waals surface area contributed by atoms with Crippen molar-refractivity contribution in [3.05, 3.63) is 24.8 Å². The van der Waals surface area contributed by atoms with Gasteiger partial charge in [0, 0.05) is 12.4 Å². The second-order valence-corrected chi connectivity index (χ2v) is 2.64. The second-order valence-electron chi connectivity index (χ2n) is 2.64. The van der Waals surface area contributed by atoms with E-state index in [0.717, 1.165) is 5.92 Å². The molecular formula is C8H14N2. The van der Waals surface area contributed by atoms with E-state index < -0.39 is 0 Å². The molecule has 0 aliphatic carbocycles. The van der Waals surface area contributed by atoms with E-state index in [0.29, 0.717) is 0 Å². The van der Waals surface area contributed by atoms with Crippen LogP contribution in [0.15, 0.2) is 24.8 Å². The normalized spacial score (nSPS) is 8.40. The lowest BCUT2D eigenvalue weighted by Gasteiger charge is -1.79. The second kappa shape index (κ2) is 6.20. The van der Waals surface area contributed by atoms with Gasteiger partial charge in [0.05, 0.1) is 0 Å². The molecule has 0 unspecified atom stereocenters. The predicted molar refractivity (Wildman–Crippen MR) is 42.5 cm³/mol. The van der Waals surface area contributed by atoms with Gasteiger partial charge in [-0.25, -0.2) is 9.97 Å². The van der Waals surface area contributed by atoms with Gasteiger partial charge in [-0.15, -0.1) is 0 Å². The number of aromatic nitrogens is 2. The lowest BCUT2D eigenvalue weighted by molar-refractivity contribution is 0.737. The average Bonchev–Trinajstić information content (AvgIpc) is 1.90. The molecule has 0 saturated heterocycles. The Morgan fingerprint density at radius 3 is 1.50 bits per heavy atom. The summed E-state index contributed by atoms with van der Waals surface area (Å²) < 4.78 is 0. The maximum Gasteiger partial charge on any atom is 0.115 e. The van der Waals surface area contributed by atoms with E-state index >= 15 is 0 Å². The lowest BCUT2D eigenvalue weighted by atomic mass is 10.3. The Bertz CT molecular complexity index is 108. The van der Waals surface area contributed by atoms with Crippen molar-refractivity contribution in [2.75, 3.05) is 0 Å². The Labute approximate surface area is 62.3 Å². The monoisotopic (exact) mass is 138 g/mol. The third-order valence-electron chi connectivity index (χ3n) is 0.478. The first-order chi connectivity index (χ1) is 4.73. The molecule has 0 spiro atoms. The van der Waals surface area contributed by atoms with Crippen LogP contribution in [0.25, 0.3) is 0 Å². The van der Waals surface area contributed by atoms with Crippen molar-refractivity contribution in [2.24, 2.45) is 5.92 Å². The van der Waals surface area contributed by atoms with Crippen molar-refractivity contribution in [3.63, 3.8) is 0 Å². The third kappa shape index (κ3) is 10.1. The third-order valence-corrected chi connectivity index (χ3v) is 0.478. The zero-order chi connectivity index (χ0) is 7.82. The van der Waals surface area contributed by atoms with Crippen LogP contribution in [0.3, 0.4) is 0 Å². The first kappa shape index (κ1) is 9.08. The van der Waals surface area contributed by atoms with E-state index in [1.807, 2.05) is 0 Å². The van der Waals surface area contributed by atoms with Gasteiger partial charge >= 0.3 is 0 Å². The van der Waals surface area contributed by atoms with Gasteiger partial charge in [-0.05, 0) is 12.0 Å². The van der Waals surface area contributed by atoms with Crippen LogP contribution in [-0.4, -0.2) is 9.97 Å². The van der Waals surface area contributed by atoms with Crippen LogP contribution in [0.5, 0.6) is 0 Å². The van der Waals surface area contributed by atoms with Crippen molar-refractivity contribution in [1.82, 2.24) is 9.97 Å². The molecule has 10 heavy (non-hydrogen) atoms. The van der Waals surface area contributed by atoms with Crippen LogP contribution < -0.4 is 0 Å². The summed E-state index contributed by atoms with van der Waals surface area (Å²) in [4.78, 5) is 7.35. The highest BCUT2D eigenvalue weighted by Gasteiger charge is 1.68. The zero-order valence-corrected chi connectivity index (χ0v) is 6.78. The minimum atomic E-state index is 0.833. The quantitative estimate of drug-likeness (QED) is 0.549. The molecular weight excluding hydrogens is 124 g/mol. The molecule has 56 valence electrons. The van der Waals surface area contributed by atoms with Gasteiger partial charge in [-0.3, -0.25) is 0 Å². The van der Waals surface area contributed by atoms with Crippen LogP contribution in [0.4, 0.5) is 0 Å². The van der Waals surface area contributed by atoms with Crippen molar-refractivity contribution < 1.29 is 0 Å². The molecule has 0 saturated carbocycles. The number of hydrogen-bond acceptors (Lipinski definition) is 2. The Kier molecular flexibility index (Phi) is 5.63. The van der Waals surface area contributed by atoms with E-state index in [-0.39, 0.29) is 0 Å². The average molecular weight is 138 g/mol. The topological polar surface area (TPSA) is 25.8 Å². The molecule has 1 heterocycles. The van der Waals surface area contributed by atoms with Crippen molar-refractivity contribution in [2.45, 2.75) is 20.8 Å². The Morgan fingerprint density at radius 2 is 1.40 bits per heavy atom. The van der Waals surface area contributed by atoms with Gasteiger partial charge in [-0.1, -0.05) is 20.8 Å². The summed E-state index contributed by atoms with van der Waals surface area (Å²) in [5.41, 5.74) is 0. The summed E-state index contributed by atoms with van der Waals surface area (Å²) >= 11 is 0. The summed E-state index contributed by atoms with van der Waals surface area (Å²) in [6.45, 7) is 6.50. The molecule has 1 aromatic heterocycles. The Balaban J connectivity index is 0.000000180. The summed E-state index contributed by atoms with van der Waals surface area (Å²) in [6.07, 6.45) is 4.88. The molecule has 0 bridgehead atoms. The predicted octanol–water partition coefficient (Wildman–Crippen LogP) is 2.14. The van der Waals surface area contributed by atoms with Crippen LogP contribution in [0.2, 0.25) is 0 Å². The zero-order valence-electron chi connectivity index (χ0n) is 6.78. The molecule has 0 N–H and O–H groups in total. The van der Waals surface area contributed by atoms with Crippen molar-refractivity contribution >= 4 is 0 Å². The maximum absolute atomic E-state index is 3.67. The highest BCUT2D eigenvalue weighted by Crippen LogP contribution is 1.81. The van der Waals surface area contributed by atoms with Gasteiger partial charge in [0.15, 0.2) is 0 Å². The van der Waals surface area contributed by atoms with Crippen LogP contribution >= 0.6 is 0 Å². The van der Waals surface area contributed by atoms with Gasteiger partial charge in [0.2, 0.25) is 0 Å². The number of rotatable bonds is 0. The summed E-state index contributed by atoms with van der Waals surface area (Å²) in [5, 5.41) is 0. The highest BCUT2D eigenvalue weighted by atomic mass is 14.8. The molecule has 2 nitrogen and oxygen atoms in total. The molecule has 0 aliphatic rings. The standard InChI is InChI=1S/C4H4N2.C4H10/c1-2-5-4-6-3-1;1-4(2)3/h1-4H;4H,1-3H3. The largest absolute Gasteiger partial charge is 0.245 e. The molecule has 1 aromatic rings. The van der Waals surface area contributed by atoms with Gasteiger partial charge < -0.3 is 0 Å². The first-order valence-corrected chi connectivity index (χ1v) is 3.43. The Hall–Kier alpha value is -0.920. The van der Waals surface area contributed by atoms with E-state index in [9.17, 15) is 0 Å². The molecule has 2 heteroatoms. The smallest absolute Gasteiger partial charge is 0.115 e. The van der Waals surface area contributed by atoms with Crippen LogP contribution in [-0.2, 0) is 0 Å². The van der Waals surface area contributed by atoms with Gasteiger partial charge in [0.25, 0.3) is 0 Å². The molecule has 0 amide bonds. The number of hydrogen-bond donors (Lipinski definition) is 0. The molecule has 0 aromatic carbocycles. The minimum absolute atomic E-state index is 0.833. The molecule has 0 fully saturated rings. The molecule has 0 aliphatic heterocycles. The van der Waals surface area contributed by atoms with Crippen molar-refractivity contribution in [1.29, 1.82) is 0 Å². The molecule has 0 atom stereocenters. The van der Waals surface area contributed by atoms with Crippen LogP contribution in [0.1, 0.15) is 20.8 Å². The molecule has 0 radical (unpaired) electrons. The van der Waals surface area contributed by atoms with E-state index in [2.05, 4.69) is 30.7 Å². The van der Waals surface area contributed by atoms with Crippen molar-refractivity contribution in [3.8, 4) is 0 Å². The van der Waals surface area contributed by atoms with Gasteiger partial charge in [0.1, 0.15) is 6.33 Å². The summed E-state index contributed by atoms with van der Waals surface area (Å²) in [7, 11) is 0. The number of nitrogens with zero attached hydrogens (tertiary/aromatic N) is 2. The highest BCUT2D eigenvalue weighted by molar-refractivity contribution is 4.74. The molecule has 1 rings (SSSR count). The van der Waals surface area contributed by atoms with Gasteiger partial charge in [-0.2, -0.15) is 0 Å². The summed E-state index contributed by atoms with van der Waals surface area (Å²) in [6, 6.07) is 1.78. The van der Waals surface area contributed by atoms with E-state index in [1.54, 1.807) is 18.5 Å². The Morgan fingerprint density at radius 1 is 1.00 bits per heavy atom. The maximum atomic E-state index is 3.67. The lowest BCUT2D eigenvalue weighted by Crippen LogP contribution is -1.66. The summed E-state index contributed by atoms with van der Waals surface area (Å²) in [5.74, 6) is 0.833.